The minimum atomic E-state index is -0.262. The highest BCUT2D eigenvalue weighted by Crippen LogP contribution is 2.32. The molecule has 0 aliphatic rings. The van der Waals surface area contributed by atoms with Gasteiger partial charge in [0.2, 0.25) is 5.88 Å². The molecule has 36 heavy (non-hydrogen) atoms. The van der Waals surface area contributed by atoms with Crippen molar-refractivity contribution in [1.29, 1.82) is 0 Å². The highest BCUT2D eigenvalue weighted by molar-refractivity contribution is 5.65. The van der Waals surface area contributed by atoms with Crippen molar-refractivity contribution in [2.45, 2.75) is 67.0 Å². The van der Waals surface area contributed by atoms with Gasteiger partial charge in [-0.3, -0.25) is 4.90 Å². The van der Waals surface area contributed by atoms with Crippen LogP contribution in [0.2, 0.25) is 0 Å². The summed E-state index contributed by atoms with van der Waals surface area (Å²) in [5, 5.41) is 9.13. The lowest BCUT2D eigenvalue weighted by Crippen LogP contribution is -2.33. The van der Waals surface area contributed by atoms with Crippen molar-refractivity contribution in [3.05, 3.63) is 71.0 Å². The first-order valence-corrected chi connectivity index (χ1v) is 12.9. The summed E-state index contributed by atoms with van der Waals surface area (Å²) in [6.45, 7) is 13.1. The second-order valence-electron chi connectivity index (χ2n) is 10.4. The highest BCUT2D eigenvalue weighted by atomic mass is 19.1. The smallest absolute Gasteiger partial charge is 0.238 e. The van der Waals surface area contributed by atoms with Crippen molar-refractivity contribution >= 4 is 0 Å². The maximum absolute atomic E-state index is 14.9. The molecule has 194 valence electrons. The van der Waals surface area contributed by atoms with Gasteiger partial charge >= 0.3 is 0 Å². The summed E-state index contributed by atoms with van der Waals surface area (Å²) in [7, 11) is 1.55. The number of hydrogen-bond acceptors (Lipinski definition) is 5. The average molecular weight is 494 g/mol. The molecular formula is C30H40FN3O2. The van der Waals surface area contributed by atoms with Gasteiger partial charge in [-0.2, -0.15) is 0 Å². The van der Waals surface area contributed by atoms with Gasteiger partial charge in [-0.05, 0) is 36.8 Å². The fourth-order valence-corrected chi connectivity index (χ4v) is 4.44. The molecule has 5 nitrogen and oxygen atoms in total. The number of ether oxygens (including phenoxy) is 2. The molecule has 0 aliphatic carbocycles. The number of aromatic nitrogens is 2. The van der Waals surface area contributed by atoms with Crippen molar-refractivity contribution in [3.63, 3.8) is 0 Å². The monoisotopic (exact) mass is 493 g/mol. The van der Waals surface area contributed by atoms with E-state index in [2.05, 4.69) is 54.9 Å². The zero-order chi connectivity index (χ0) is 26.1. The first-order valence-electron chi connectivity index (χ1n) is 12.9. The van der Waals surface area contributed by atoms with Gasteiger partial charge in [0, 0.05) is 42.4 Å². The van der Waals surface area contributed by atoms with Crippen LogP contribution in [0.3, 0.4) is 0 Å². The summed E-state index contributed by atoms with van der Waals surface area (Å²) >= 11 is 0. The predicted molar refractivity (Wildman–Crippen MR) is 144 cm³/mol. The normalized spacial score (nSPS) is 11.7. The topological polar surface area (TPSA) is 47.5 Å². The van der Waals surface area contributed by atoms with E-state index in [0.717, 1.165) is 48.2 Å². The van der Waals surface area contributed by atoms with Crippen molar-refractivity contribution in [1.82, 2.24) is 15.1 Å². The first kappa shape index (κ1) is 27.6. The summed E-state index contributed by atoms with van der Waals surface area (Å²) in [5.74, 6) is 0.824. The molecule has 0 spiro atoms. The molecule has 0 radical (unpaired) electrons. The molecule has 0 unspecified atom stereocenters. The molecule has 0 fully saturated rings. The van der Waals surface area contributed by atoms with Crippen LogP contribution in [0, 0.1) is 11.2 Å². The van der Waals surface area contributed by atoms with Gasteiger partial charge in [-0.15, -0.1) is 10.2 Å². The summed E-state index contributed by atoms with van der Waals surface area (Å²) in [6.07, 6.45) is 2.99. The lowest BCUT2D eigenvalue weighted by atomic mass is 9.94. The van der Waals surface area contributed by atoms with E-state index in [9.17, 15) is 4.39 Å². The van der Waals surface area contributed by atoms with Crippen molar-refractivity contribution in [3.8, 4) is 22.9 Å². The third kappa shape index (κ3) is 7.50. The van der Waals surface area contributed by atoms with E-state index in [1.807, 2.05) is 37.3 Å². The Morgan fingerprint density at radius 1 is 0.944 bits per heavy atom. The number of methoxy groups -OCH3 is 1. The maximum atomic E-state index is 14.9. The van der Waals surface area contributed by atoms with Crippen LogP contribution in [-0.2, 0) is 19.5 Å². The van der Waals surface area contributed by atoms with Gasteiger partial charge in [0.25, 0.3) is 0 Å². The van der Waals surface area contributed by atoms with Crippen LogP contribution in [0.25, 0.3) is 11.3 Å². The Morgan fingerprint density at radius 2 is 1.69 bits per heavy atom. The fraction of sp³-hybridized carbons (Fsp3) is 0.467. The zero-order valence-corrected chi connectivity index (χ0v) is 22.6. The SMILES string of the molecule is CCCCc1c(-c2ccccc2)nnc(OCC)c1CN(Cc1ccc(OC)cc1F)CC(C)(C)C. The summed E-state index contributed by atoms with van der Waals surface area (Å²) in [4.78, 5) is 2.29. The van der Waals surface area contributed by atoms with Gasteiger partial charge in [-0.1, -0.05) is 70.5 Å². The molecule has 1 aromatic heterocycles. The zero-order valence-electron chi connectivity index (χ0n) is 22.6. The summed E-state index contributed by atoms with van der Waals surface area (Å²) in [6, 6.07) is 15.3. The lowest BCUT2D eigenvalue weighted by molar-refractivity contribution is 0.171. The average Bonchev–Trinajstić information content (AvgIpc) is 2.85. The Balaban J connectivity index is 2.08. The van der Waals surface area contributed by atoms with Crippen LogP contribution < -0.4 is 9.47 Å². The molecular weight excluding hydrogens is 453 g/mol. The molecule has 0 amide bonds. The molecule has 0 atom stereocenters. The fourth-order valence-electron chi connectivity index (χ4n) is 4.44. The molecule has 0 aliphatic heterocycles. The second-order valence-corrected chi connectivity index (χ2v) is 10.4. The molecule has 0 bridgehead atoms. The third-order valence-corrected chi connectivity index (χ3v) is 5.99. The molecule has 0 saturated carbocycles. The van der Waals surface area contributed by atoms with Gasteiger partial charge in [0.1, 0.15) is 11.6 Å². The Morgan fingerprint density at radius 3 is 2.31 bits per heavy atom. The van der Waals surface area contributed by atoms with E-state index < -0.39 is 0 Å². The Hall–Kier alpha value is -2.99. The van der Waals surface area contributed by atoms with Crippen LogP contribution >= 0.6 is 0 Å². The Bertz CT molecular complexity index is 1110. The molecule has 1 heterocycles. The third-order valence-electron chi connectivity index (χ3n) is 5.99. The van der Waals surface area contributed by atoms with Crippen LogP contribution in [0.5, 0.6) is 11.6 Å². The molecule has 0 N–H and O–H groups in total. The standard InChI is InChI=1S/C30H40FN3O2/c1-7-9-15-25-26(29(36-8-2)33-32-28(25)22-13-11-10-12-14-22)20-34(21-30(3,4)5)19-23-16-17-24(35-6)18-27(23)31/h10-14,16-18H,7-9,15,19-21H2,1-6H3. The summed E-state index contributed by atoms with van der Waals surface area (Å²) in [5.41, 5.74) is 4.80. The van der Waals surface area contributed by atoms with Crippen molar-refractivity contribution in [2.75, 3.05) is 20.3 Å². The minimum absolute atomic E-state index is 0.0149. The predicted octanol–water partition coefficient (Wildman–Crippen LogP) is 7.08. The number of benzene rings is 2. The number of nitrogens with zero attached hydrogens (tertiary/aromatic N) is 3. The van der Waals surface area contributed by atoms with E-state index in [-0.39, 0.29) is 11.2 Å². The number of unbranched alkanes of at least 4 members (excludes halogenated alkanes) is 1. The number of hydrogen-bond donors (Lipinski definition) is 0. The van der Waals surface area contributed by atoms with Crippen LogP contribution in [0.4, 0.5) is 4.39 Å². The van der Waals surface area contributed by atoms with E-state index >= 15 is 0 Å². The molecule has 2 aromatic carbocycles. The van der Waals surface area contributed by atoms with Crippen LogP contribution in [0.15, 0.2) is 48.5 Å². The van der Waals surface area contributed by atoms with E-state index in [4.69, 9.17) is 9.47 Å². The Labute approximate surface area is 215 Å². The van der Waals surface area contributed by atoms with Gasteiger partial charge in [-0.25, -0.2) is 4.39 Å². The number of rotatable bonds is 12. The van der Waals surface area contributed by atoms with Crippen molar-refractivity contribution in [2.24, 2.45) is 5.41 Å². The summed E-state index contributed by atoms with van der Waals surface area (Å²) < 4.78 is 26.1. The van der Waals surface area contributed by atoms with Crippen molar-refractivity contribution < 1.29 is 13.9 Å². The molecule has 3 aromatic rings. The molecule has 0 saturated heterocycles. The minimum Gasteiger partial charge on any atom is -0.497 e. The largest absolute Gasteiger partial charge is 0.497 e. The number of halogens is 1. The molecule has 3 rings (SSSR count). The van der Waals surface area contributed by atoms with E-state index in [0.29, 0.717) is 36.9 Å². The maximum Gasteiger partial charge on any atom is 0.238 e. The highest BCUT2D eigenvalue weighted by Gasteiger charge is 2.24. The van der Waals surface area contributed by atoms with E-state index in [1.165, 1.54) is 6.07 Å². The molecule has 6 heteroatoms. The van der Waals surface area contributed by atoms with Gasteiger partial charge in [0.15, 0.2) is 0 Å². The second kappa shape index (κ2) is 12.8. The van der Waals surface area contributed by atoms with Gasteiger partial charge < -0.3 is 9.47 Å². The first-order chi connectivity index (χ1) is 17.3. The van der Waals surface area contributed by atoms with Crippen LogP contribution in [-0.4, -0.2) is 35.4 Å². The van der Waals surface area contributed by atoms with E-state index in [1.54, 1.807) is 7.11 Å². The quantitative estimate of drug-likeness (QED) is 0.270. The Kier molecular flexibility index (Phi) is 9.82. The van der Waals surface area contributed by atoms with Gasteiger partial charge in [0.05, 0.1) is 19.4 Å². The van der Waals surface area contributed by atoms with Crippen LogP contribution in [0.1, 0.15) is 64.2 Å². The lowest BCUT2D eigenvalue weighted by Gasteiger charge is -2.31.